The lowest BCUT2D eigenvalue weighted by molar-refractivity contribution is -0.138. The molecule has 4 heteroatoms. The van der Waals surface area contributed by atoms with Crippen LogP contribution in [0, 0.1) is 5.92 Å². The van der Waals surface area contributed by atoms with Crippen molar-refractivity contribution >= 4 is 11.7 Å². The van der Waals surface area contributed by atoms with Gasteiger partial charge in [-0.05, 0) is 43.5 Å². The van der Waals surface area contributed by atoms with Crippen LogP contribution in [0.1, 0.15) is 25.3 Å². The molecule has 1 saturated heterocycles. The van der Waals surface area contributed by atoms with Crippen LogP contribution in [0.4, 0.5) is 5.69 Å². The minimum atomic E-state index is -0.784. The molecule has 0 spiro atoms. The van der Waals surface area contributed by atoms with Crippen molar-refractivity contribution in [2.24, 2.45) is 5.92 Å². The van der Waals surface area contributed by atoms with Crippen molar-refractivity contribution in [1.82, 2.24) is 4.90 Å². The van der Waals surface area contributed by atoms with Crippen LogP contribution in [0.25, 0.3) is 0 Å². The fourth-order valence-corrected chi connectivity index (χ4v) is 2.87. The third-order valence-electron chi connectivity index (χ3n) is 3.79. The average molecular weight is 276 g/mol. The maximum absolute atomic E-state index is 10.7. The lowest BCUT2D eigenvalue weighted by atomic mass is 9.99. The summed E-state index contributed by atoms with van der Waals surface area (Å²) in [7, 11) is 1.84. The second-order valence-electron chi connectivity index (χ2n) is 5.93. The molecule has 0 bridgehead atoms. The van der Waals surface area contributed by atoms with Crippen LogP contribution < -0.4 is 4.90 Å². The predicted octanol–water partition coefficient (Wildman–Crippen LogP) is 2.44. The Kier molecular flexibility index (Phi) is 5.01. The van der Waals surface area contributed by atoms with E-state index in [0.29, 0.717) is 6.54 Å². The Morgan fingerprint density at radius 2 is 2.30 bits per heavy atom. The third-order valence-corrected chi connectivity index (χ3v) is 3.79. The van der Waals surface area contributed by atoms with Crippen LogP contribution >= 0.6 is 0 Å². The van der Waals surface area contributed by atoms with Crippen molar-refractivity contribution in [3.8, 4) is 0 Å². The Balaban J connectivity index is 2.02. The van der Waals surface area contributed by atoms with Crippen molar-refractivity contribution < 1.29 is 9.90 Å². The van der Waals surface area contributed by atoms with Gasteiger partial charge < -0.3 is 10.0 Å². The zero-order valence-corrected chi connectivity index (χ0v) is 12.4. The van der Waals surface area contributed by atoms with E-state index >= 15 is 0 Å². The standard InChI is InChI=1S/C16H24N2O2/c1-13-5-4-8-18(10-13)15-7-3-6-14(9-15)11-17(2)12-16(19)20/h3,6-7,9,13H,4-5,8,10-12H2,1-2H3,(H,19,20). The average Bonchev–Trinajstić information content (AvgIpc) is 2.38. The zero-order valence-electron chi connectivity index (χ0n) is 12.4. The van der Waals surface area contributed by atoms with E-state index < -0.39 is 5.97 Å². The van der Waals surface area contributed by atoms with Crippen molar-refractivity contribution in [2.45, 2.75) is 26.3 Å². The number of likely N-dealkylation sites (N-methyl/N-ethyl adjacent to an activating group) is 1. The first-order chi connectivity index (χ1) is 9.54. The van der Waals surface area contributed by atoms with E-state index in [4.69, 9.17) is 5.11 Å². The van der Waals surface area contributed by atoms with Gasteiger partial charge in [0.05, 0.1) is 6.54 Å². The molecule has 20 heavy (non-hydrogen) atoms. The van der Waals surface area contributed by atoms with Gasteiger partial charge in [0, 0.05) is 25.3 Å². The minimum absolute atomic E-state index is 0.0744. The summed E-state index contributed by atoms with van der Waals surface area (Å²) in [5.74, 6) is -0.0319. The number of piperidine rings is 1. The summed E-state index contributed by atoms with van der Waals surface area (Å²) in [6.07, 6.45) is 2.57. The van der Waals surface area contributed by atoms with Crippen LogP contribution in [-0.4, -0.2) is 42.7 Å². The Morgan fingerprint density at radius 3 is 3.00 bits per heavy atom. The smallest absolute Gasteiger partial charge is 0.317 e. The molecule has 1 unspecified atom stereocenters. The van der Waals surface area contributed by atoms with Gasteiger partial charge in [0.2, 0.25) is 0 Å². The van der Waals surface area contributed by atoms with Crippen LogP contribution in [-0.2, 0) is 11.3 Å². The molecule has 2 rings (SSSR count). The van der Waals surface area contributed by atoms with E-state index in [1.165, 1.54) is 24.1 Å². The lowest BCUT2D eigenvalue weighted by Crippen LogP contribution is -2.34. The van der Waals surface area contributed by atoms with Gasteiger partial charge in [0.15, 0.2) is 0 Å². The first-order valence-corrected chi connectivity index (χ1v) is 7.29. The molecule has 1 aromatic carbocycles. The van der Waals surface area contributed by atoms with Gasteiger partial charge in [-0.1, -0.05) is 19.1 Å². The molecule has 1 atom stereocenters. The topological polar surface area (TPSA) is 43.8 Å². The molecule has 1 aliphatic rings. The predicted molar refractivity (Wildman–Crippen MR) is 81.0 cm³/mol. The number of hydrogen-bond acceptors (Lipinski definition) is 3. The number of carboxylic acids is 1. The van der Waals surface area contributed by atoms with Crippen LogP contribution in [0.15, 0.2) is 24.3 Å². The highest BCUT2D eigenvalue weighted by molar-refractivity contribution is 5.69. The van der Waals surface area contributed by atoms with E-state index in [-0.39, 0.29) is 6.54 Å². The van der Waals surface area contributed by atoms with E-state index in [9.17, 15) is 4.79 Å². The second kappa shape index (κ2) is 6.75. The SMILES string of the molecule is CC1CCCN(c2cccc(CN(C)CC(=O)O)c2)C1. The third kappa shape index (κ3) is 4.23. The molecule has 0 radical (unpaired) electrons. The molecular weight excluding hydrogens is 252 g/mol. The van der Waals surface area contributed by atoms with Crippen molar-refractivity contribution in [2.75, 3.05) is 31.6 Å². The van der Waals surface area contributed by atoms with Crippen LogP contribution in [0.5, 0.6) is 0 Å². The molecule has 1 fully saturated rings. The quantitative estimate of drug-likeness (QED) is 0.897. The molecule has 110 valence electrons. The molecule has 1 heterocycles. The Labute approximate surface area is 121 Å². The highest BCUT2D eigenvalue weighted by atomic mass is 16.4. The molecule has 0 amide bonds. The normalized spacial score (nSPS) is 19.4. The minimum Gasteiger partial charge on any atom is -0.480 e. The molecule has 0 aromatic heterocycles. The summed E-state index contributed by atoms with van der Waals surface area (Å²) in [6, 6.07) is 8.48. The number of anilines is 1. The van der Waals surface area contributed by atoms with Gasteiger partial charge in [-0.15, -0.1) is 0 Å². The number of benzene rings is 1. The van der Waals surface area contributed by atoms with Crippen molar-refractivity contribution in [1.29, 1.82) is 0 Å². The lowest BCUT2D eigenvalue weighted by Gasteiger charge is -2.33. The van der Waals surface area contributed by atoms with Gasteiger partial charge in [0.1, 0.15) is 0 Å². The summed E-state index contributed by atoms with van der Waals surface area (Å²) >= 11 is 0. The Bertz CT molecular complexity index is 462. The van der Waals surface area contributed by atoms with Gasteiger partial charge in [-0.2, -0.15) is 0 Å². The summed E-state index contributed by atoms with van der Waals surface area (Å²) < 4.78 is 0. The summed E-state index contributed by atoms with van der Waals surface area (Å²) in [5, 5.41) is 8.80. The fourth-order valence-electron chi connectivity index (χ4n) is 2.87. The van der Waals surface area contributed by atoms with Gasteiger partial charge >= 0.3 is 5.97 Å². The van der Waals surface area contributed by atoms with E-state index in [0.717, 1.165) is 19.0 Å². The summed E-state index contributed by atoms with van der Waals surface area (Å²) in [6.45, 7) is 5.29. The number of aliphatic carboxylic acids is 1. The van der Waals surface area contributed by atoms with E-state index in [1.807, 2.05) is 11.9 Å². The molecule has 1 aliphatic heterocycles. The number of nitrogens with zero attached hydrogens (tertiary/aromatic N) is 2. The van der Waals surface area contributed by atoms with Crippen molar-refractivity contribution in [3.63, 3.8) is 0 Å². The highest BCUT2D eigenvalue weighted by Gasteiger charge is 2.16. The first kappa shape index (κ1) is 14.9. The van der Waals surface area contributed by atoms with Gasteiger partial charge in [-0.3, -0.25) is 9.69 Å². The monoisotopic (exact) mass is 276 g/mol. The maximum Gasteiger partial charge on any atom is 0.317 e. The largest absolute Gasteiger partial charge is 0.480 e. The molecule has 1 N–H and O–H groups in total. The Hall–Kier alpha value is -1.55. The zero-order chi connectivity index (χ0) is 14.5. The highest BCUT2D eigenvalue weighted by Crippen LogP contribution is 2.23. The van der Waals surface area contributed by atoms with Gasteiger partial charge in [0.25, 0.3) is 0 Å². The van der Waals surface area contributed by atoms with Gasteiger partial charge in [-0.25, -0.2) is 0 Å². The molecule has 4 nitrogen and oxygen atoms in total. The number of hydrogen-bond donors (Lipinski definition) is 1. The van der Waals surface area contributed by atoms with Crippen LogP contribution in [0.3, 0.4) is 0 Å². The number of carboxylic acid groups (broad SMARTS) is 1. The van der Waals surface area contributed by atoms with E-state index in [1.54, 1.807) is 0 Å². The fraction of sp³-hybridized carbons (Fsp3) is 0.562. The number of carbonyl (C=O) groups is 1. The van der Waals surface area contributed by atoms with Crippen LogP contribution in [0.2, 0.25) is 0 Å². The van der Waals surface area contributed by atoms with E-state index in [2.05, 4.69) is 36.1 Å². The van der Waals surface area contributed by atoms with Crippen molar-refractivity contribution in [3.05, 3.63) is 29.8 Å². The molecule has 0 aliphatic carbocycles. The molecule has 1 aromatic rings. The summed E-state index contributed by atoms with van der Waals surface area (Å²) in [4.78, 5) is 15.0. The number of rotatable bonds is 5. The Morgan fingerprint density at radius 1 is 1.50 bits per heavy atom. The first-order valence-electron chi connectivity index (χ1n) is 7.29. The molecular formula is C16H24N2O2. The molecule has 0 saturated carbocycles. The summed E-state index contributed by atoms with van der Waals surface area (Å²) in [5.41, 5.74) is 2.43. The maximum atomic E-state index is 10.7. The second-order valence-corrected chi connectivity index (χ2v) is 5.93.